The van der Waals surface area contributed by atoms with Crippen molar-refractivity contribution in [2.24, 2.45) is 5.41 Å². The van der Waals surface area contributed by atoms with Crippen molar-refractivity contribution >= 4 is 5.78 Å². The quantitative estimate of drug-likeness (QED) is 0.450. The van der Waals surface area contributed by atoms with E-state index in [1.807, 2.05) is 6.08 Å². The molecule has 0 aromatic carbocycles. The van der Waals surface area contributed by atoms with E-state index in [4.69, 9.17) is 0 Å². The lowest BCUT2D eigenvalue weighted by molar-refractivity contribution is -0.112. The Balaban J connectivity index is 3.85. The van der Waals surface area contributed by atoms with Crippen LogP contribution in [-0.4, -0.2) is 5.78 Å². The summed E-state index contributed by atoms with van der Waals surface area (Å²) in [6.07, 6.45) is 8.12. The van der Waals surface area contributed by atoms with E-state index in [-0.39, 0.29) is 5.78 Å². The van der Waals surface area contributed by atoms with E-state index in [1.54, 1.807) is 13.0 Å². The molecule has 0 aliphatic rings. The van der Waals surface area contributed by atoms with Crippen LogP contribution in [0.2, 0.25) is 0 Å². The van der Waals surface area contributed by atoms with Crippen LogP contribution in [0.1, 0.15) is 53.4 Å². The van der Waals surface area contributed by atoms with Crippen molar-refractivity contribution in [2.75, 3.05) is 0 Å². The van der Waals surface area contributed by atoms with E-state index >= 15 is 0 Å². The topological polar surface area (TPSA) is 17.1 Å². The molecule has 0 rings (SSSR count). The first-order valence-corrected chi connectivity index (χ1v) is 5.65. The smallest absolute Gasteiger partial charge is 0.152 e. The number of allylic oxidation sites excluding steroid dienone is 3. The molecule has 0 saturated heterocycles. The summed E-state index contributed by atoms with van der Waals surface area (Å²) in [5.74, 6) is 0.132. The van der Waals surface area contributed by atoms with Gasteiger partial charge >= 0.3 is 0 Å². The number of ketones is 1. The fourth-order valence-electron chi connectivity index (χ4n) is 1.51. The summed E-state index contributed by atoms with van der Waals surface area (Å²) < 4.78 is 0. The Hall–Kier alpha value is -0.850. The predicted octanol–water partition coefficient (Wildman–Crippen LogP) is 4.29. The Morgan fingerprint density at radius 1 is 1.33 bits per heavy atom. The van der Waals surface area contributed by atoms with Gasteiger partial charge in [0.25, 0.3) is 0 Å². The maximum absolute atomic E-state index is 10.7. The molecule has 0 bridgehead atoms. The average Bonchev–Trinajstić information content (AvgIpc) is 2.01. The Morgan fingerprint density at radius 2 is 1.93 bits per heavy atom. The molecule has 0 N–H and O–H groups in total. The first kappa shape index (κ1) is 14.2. The summed E-state index contributed by atoms with van der Waals surface area (Å²) >= 11 is 0. The van der Waals surface area contributed by atoms with Gasteiger partial charge in [-0.2, -0.15) is 0 Å². The van der Waals surface area contributed by atoms with Gasteiger partial charge in [0.15, 0.2) is 5.78 Å². The Labute approximate surface area is 94.3 Å². The van der Waals surface area contributed by atoms with Gasteiger partial charge in [-0.1, -0.05) is 25.5 Å². The molecular weight excluding hydrogens is 184 g/mol. The third-order valence-electron chi connectivity index (χ3n) is 2.48. The van der Waals surface area contributed by atoms with Crippen LogP contribution in [0.5, 0.6) is 0 Å². The minimum absolute atomic E-state index is 0.132. The highest BCUT2D eigenvalue weighted by Gasteiger charge is 2.15. The molecule has 0 unspecified atom stereocenters. The van der Waals surface area contributed by atoms with Crippen LogP contribution in [0.4, 0.5) is 0 Å². The van der Waals surface area contributed by atoms with E-state index in [9.17, 15) is 4.79 Å². The number of carbonyl (C=O) groups excluding carboxylic acids is 1. The van der Waals surface area contributed by atoms with Crippen molar-refractivity contribution in [3.05, 3.63) is 24.3 Å². The summed E-state index contributed by atoms with van der Waals surface area (Å²) in [4.78, 5) is 10.7. The van der Waals surface area contributed by atoms with Gasteiger partial charge < -0.3 is 0 Å². The highest BCUT2D eigenvalue weighted by atomic mass is 16.1. The molecule has 0 fully saturated rings. The Morgan fingerprint density at radius 3 is 2.40 bits per heavy atom. The molecule has 0 spiro atoms. The van der Waals surface area contributed by atoms with Gasteiger partial charge in [-0.25, -0.2) is 0 Å². The first-order valence-electron chi connectivity index (χ1n) is 5.65. The molecular formula is C14H24O. The molecule has 0 amide bonds. The number of hydrogen-bond donors (Lipinski definition) is 0. The highest BCUT2D eigenvalue weighted by molar-refractivity contribution is 5.87. The molecule has 0 heterocycles. The fourth-order valence-corrected chi connectivity index (χ4v) is 1.51. The third kappa shape index (κ3) is 9.45. The van der Waals surface area contributed by atoms with Gasteiger partial charge in [0, 0.05) is 0 Å². The van der Waals surface area contributed by atoms with Gasteiger partial charge in [-0.05, 0) is 51.0 Å². The maximum atomic E-state index is 10.7. The first-order chi connectivity index (χ1) is 6.83. The lowest BCUT2D eigenvalue weighted by Gasteiger charge is -2.22. The highest BCUT2D eigenvalue weighted by Crippen LogP contribution is 2.28. The van der Waals surface area contributed by atoms with Crippen molar-refractivity contribution in [1.82, 2.24) is 0 Å². The van der Waals surface area contributed by atoms with Crippen molar-refractivity contribution in [1.29, 1.82) is 0 Å². The zero-order chi connectivity index (χ0) is 11.9. The molecule has 1 nitrogen and oxygen atoms in total. The molecule has 0 saturated carbocycles. The predicted molar refractivity (Wildman–Crippen MR) is 66.9 cm³/mol. The number of hydrogen-bond acceptors (Lipinski definition) is 1. The summed E-state index contributed by atoms with van der Waals surface area (Å²) in [6.45, 7) is 12.1. The van der Waals surface area contributed by atoms with Crippen LogP contribution in [0, 0.1) is 5.41 Å². The zero-order valence-corrected chi connectivity index (χ0v) is 10.6. The molecule has 0 aromatic heterocycles. The van der Waals surface area contributed by atoms with E-state index in [0.29, 0.717) is 5.41 Å². The van der Waals surface area contributed by atoms with Crippen LogP contribution in [0.15, 0.2) is 24.3 Å². The SMILES string of the molecule is C=C(C)CCCC(C)(C)C/C=C/C(C)=O. The van der Waals surface area contributed by atoms with Crippen molar-refractivity contribution in [2.45, 2.75) is 53.4 Å². The molecule has 1 heteroatoms. The lowest BCUT2D eigenvalue weighted by Crippen LogP contribution is -2.09. The summed E-state index contributed by atoms with van der Waals surface area (Å²) in [6, 6.07) is 0. The van der Waals surface area contributed by atoms with E-state index < -0.39 is 0 Å². The number of carbonyl (C=O) groups is 1. The maximum Gasteiger partial charge on any atom is 0.152 e. The minimum atomic E-state index is 0.132. The van der Waals surface area contributed by atoms with Crippen molar-refractivity contribution in [3.63, 3.8) is 0 Å². The molecule has 0 aliphatic carbocycles. The van der Waals surface area contributed by atoms with Crippen LogP contribution in [0.25, 0.3) is 0 Å². The van der Waals surface area contributed by atoms with Gasteiger partial charge in [-0.3, -0.25) is 4.79 Å². The molecule has 0 aromatic rings. The van der Waals surface area contributed by atoms with Crippen molar-refractivity contribution in [3.8, 4) is 0 Å². The van der Waals surface area contributed by atoms with Crippen LogP contribution in [-0.2, 0) is 4.79 Å². The molecule has 0 aliphatic heterocycles. The third-order valence-corrected chi connectivity index (χ3v) is 2.48. The second kappa shape index (κ2) is 6.60. The van der Waals surface area contributed by atoms with Gasteiger partial charge in [0.1, 0.15) is 0 Å². The summed E-state index contributed by atoms with van der Waals surface area (Å²) in [5, 5.41) is 0. The van der Waals surface area contributed by atoms with E-state index in [0.717, 1.165) is 12.8 Å². The normalized spacial score (nSPS) is 12.0. The van der Waals surface area contributed by atoms with Crippen LogP contribution < -0.4 is 0 Å². The Bertz CT molecular complexity index is 246. The molecule has 15 heavy (non-hydrogen) atoms. The summed E-state index contributed by atoms with van der Waals surface area (Å²) in [5.41, 5.74) is 1.55. The zero-order valence-electron chi connectivity index (χ0n) is 10.6. The van der Waals surface area contributed by atoms with Gasteiger partial charge in [-0.15, -0.1) is 6.58 Å². The molecule has 0 atom stereocenters. The second-order valence-electron chi connectivity index (χ2n) is 5.19. The van der Waals surface area contributed by atoms with E-state index in [2.05, 4.69) is 27.4 Å². The standard InChI is InChI=1S/C14H24O/c1-12(2)8-6-10-14(4,5)11-7-9-13(3)15/h7,9H,1,6,8,10-11H2,2-5H3/b9-7+. The van der Waals surface area contributed by atoms with Gasteiger partial charge in [0.05, 0.1) is 0 Å². The van der Waals surface area contributed by atoms with Crippen LogP contribution >= 0.6 is 0 Å². The van der Waals surface area contributed by atoms with Gasteiger partial charge in [0.2, 0.25) is 0 Å². The second-order valence-corrected chi connectivity index (χ2v) is 5.19. The largest absolute Gasteiger partial charge is 0.295 e. The van der Waals surface area contributed by atoms with Crippen molar-refractivity contribution < 1.29 is 4.79 Å². The van der Waals surface area contributed by atoms with Crippen LogP contribution in [0.3, 0.4) is 0 Å². The lowest BCUT2D eigenvalue weighted by atomic mass is 9.83. The minimum Gasteiger partial charge on any atom is -0.295 e. The average molecular weight is 208 g/mol. The summed E-state index contributed by atoms with van der Waals surface area (Å²) in [7, 11) is 0. The number of rotatable bonds is 7. The molecule has 86 valence electrons. The Kier molecular flexibility index (Phi) is 6.23. The fraction of sp³-hybridized carbons (Fsp3) is 0.643. The molecule has 0 radical (unpaired) electrons. The van der Waals surface area contributed by atoms with E-state index in [1.165, 1.54) is 18.4 Å². The monoisotopic (exact) mass is 208 g/mol.